The van der Waals surface area contributed by atoms with E-state index in [1.54, 1.807) is 69.5 Å². The Labute approximate surface area is 172 Å². The van der Waals surface area contributed by atoms with E-state index in [0.29, 0.717) is 28.6 Å². The largest absolute Gasteiger partial charge is 0.497 e. The first-order valence-corrected chi connectivity index (χ1v) is 9.12. The van der Waals surface area contributed by atoms with Crippen molar-refractivity contribution in [1.29, 1.82) is 0 Å². The highest BCUT2D eigenvalue weighted by atomic mass is 16.6. The molecule has 2 aromatic carbocycles. The Morgan fingerprint density at radius 2 is 1.90 bits per heavy atom. The van der Waals surface area contributed by atoms with E-state index < -0.39 is 12.1 Å². The number of esters is 1. The molecule has 9 heteroatoms. The zero-order chi connectivity index (χ0) is 21.5. The highest BCUT2D eigenvalue weighted by Gasteiger charge is 2.19. The van der Waals surface area contributed by atoms with Crippen LogP contribution in [0.25, 0.3) is 0 Å². The molecule has 3 rings (SSSR count). The zero-order valence-electron chi connectivity index (χ0n) is 16.7. The van der Waals surface area contributed by atoms with E-state index in [0.717, 1.165) is 0 Å². The summed E-state index contributed by atoms with van der Waals surface area (Å²) in [7, 11) is 1.55. The summed E-state index contributed by atoms with van der Waals surface area (Å²) in [5, 5.41) is 6.38. The molecule has 9 nitrogen and oxygen atoms in total. The van der Waals surface area contributed by atoms with E-state index >= 15 is 0 Å². The van der Waals surface area contributed by atoms with Crippen molar-refractivity contribution < 1.29 is 28.3 Å². The predicted octanol–water partition coefficient (Wildman–Crippen LogP) is 3.32. The number of rotatable bonds is 8. The Morgan fingerprint density at radius 1 is 1.13 bits per heavy atom. The quantitative estimate of drug-likeness (QED) is 0.562. The van der Waals surface area contributed by atoms with Crippen LogP contribution >= 0.6 is 0 Å². The molecule has 1 N–H and O–H groups in total. The molecule has 3 aromatic rings. The number of methoxy groups -OCH3 is 1. The van der Waals surface area contributed by atoms with Gasteiger partial charge in [-0.3, -0.25) is 4.79 Å². The highest BCUT2D eigenvalue weighted by molar-refractivity contribution is 5.92. The lowest BCUT2D eigenvalue weighted by atomic mass is 10.2. The van der Waals surface area contributed by atoms with Gasteiger partial charge in [-0.25, -0.2) is 4.79 Å². The summed E-state index contributed by atoms with van der Waals surface area (Å²) < 4.78 is 20.9. The van der Waals surface area contributed by atoms with Crippen LogP contribution in [-0.2, 0) is 9.53 Å². The summed E-state index contributed by atoms with van der Waals surface area (Å²) in [6.45, 7) is 3.13. The minimum atomic E-state index is -0.671. The minimum absolute atomic E-state index is 0.186. The van der Waals surface area contributed by atoms with Crippen molar-refractivity contribution in [3.8, 4) is 11.5 Å². The third-order valence-electron chi connectivity index (χ3n) is 3.99. The Bertz CT molecular complexity index is 1020. The minimum Gasteiger partial charge on any atom is -0.497 e. The fraction of sp³-hybridized carbons (Fsp3) is 0.238. The first-order valence-electron chi connectivity index (χ1n) is 9.12. The van der Waals surface area contributed by atoms with Gasteiger partial charge in [0.25, 0.3) is 11.8 Å². The van der Waals surface area contributed by atoms with Crippen LogP contribution in [0.3, 0.4) is 0 Å². The van der Waals surface area contributed by atoms with Crippen molar-refractivity contribution in [3.05, 3.63) is 65.8 Å². The first kappa shape index (κ1) is 20.8. The maximum atomic E-state index is 12.2. The van der Waals surface area contributed by atoms with Crippen LogP contribution in [0.5, 0.6) is 11.5 Å². The van der Waals surface area contributed by atoms with Crippen molar-refractivity contribution in [2.75, 3.05) is 19.0 Å². The summed E-state index contributed by atoms with van der Waals surface area (Å²) in [5.41, 5.74) is 0.929. The molecule has 0 aliphatic rings. The SMILES string of the molecule is COc1cccc(NC(=O)COc2ccc(C(=O)OC(C)c3nc(C)no3)cc2)c1. The molecule has 156 valence electrons. The van der Waals surface area contributed by atoms with Crippen LogP contribution < -0.4 is 14.8 Å². The number of aromatic nitrogens is 2. The van der Waals surface area contributed by atoms with Crippen LogP contribution in [0, 0.1) is 6.92 Å². The normalized spacial score (nSPS) is 11.4. The monoisotopic (exact) mass is 411 g/mol. The molecule has 0 radical (unpaired) electrons. The average Bonchev–Trinajstić information content (AvgIpc) is 3.19. The van der Waals surface area contributed by atoms with E-state index in [9.17, 15) is 9.59 Å². The van der Waals surface area contributed by atoms with Gasteiger partial charge in [-0.2, -0.15) is 4.98 Å². The molecule has 1 atom stereocenters. The highest BCUT2D eigenvalue weighted by Crippen LogP contribution is 2.19. The van der Waals surface area contributed by atoms with Crippen molar-refractivity contribution >= 4 is 17.6 Å². The van der Waals surface area contributed by atoms with Gasteiger partial charge in [-0.1, -0.05) is 11.2 Å². The van der Waals surface area contributed by atoms with E-state index in [1.807, 2.05) is 0 Å². The average molecular weight is 411 g/mol. The van der Waals surface area contributed by atoms with Crippen LogP contribution in [0.4, 0.5) is 5.69 Å². The van der Waals surface area contributed by atoms with Crippen LogP contribution in [0.2, 0.25) is 0 Å². The summed E-state index contributed by atoms with van der Waals surface area (Å²) in [4.78, 5) is 28.3. The van der Waals surface area contributed by atoms with Gasteiger partial charge in [0, 0.05) is 11.8 Å². The van der Waals surface area contributed by atoms with E-state index in [-0.39, 0.29) is 18.4 Å². The summed E-state index contributed by atoms with van der Waals surface area (Å²) in [6, 6.07) is 13.3. The number of benzene rings is 2. The van der Waals surface area contributed by atoms with Crippen LogP contribution in [0.1, 0.15) is 35.1 Å². The Balaban J connectivity index is 1.50. The topological polar surface area (TPSA) is 113 Å². The molecule has 1 amide bonds. The van der Waals surface area contributed by atoms with Crippen LogP contribution in [0.15, 0.2) is 53.1 Å². The first-order chi connectivity index (χ1) is 14.4. The molecular weight excluding hydrogens is 390 g/mol. The van der Waals surface area contributed by atoms with Gasteiger partial charge in [-0.15, -0.1) is 0 Å². The molecule has 1 heterocycles. The molecule has 0 bridgehead atoms. The molecule has 0 saturated carbocycles. The number of nitrogens with zero attached hydrogens (tertiary/aromatic N) is 2. The number of carbonyl (C=O) groups is 2. The van der Waals surface area contributed by atoms with E-state index in [1.165, 1.54) is 0 Å². The lowest BCUT2D eigenvalue weighted by molar-refractivity contribution is -0.118. The predicted molar refractivity (Wildman–Crippen MR) is 106 cm³/mol. The third kappa shape index (κ3) is 5.57. The molecule has 0 aliphatic heterocycles. The summed E-state index contributed by atoms with van der Waals surface area (Å²) in [5.74, 6) is 0.899. The van der Waals surface area contributed by atoms with Gasteiger partial charge in [0.1, 0.15) is 11.5 Å². The standard InChI is InChI=1S/C21H21N3O6/c1-13(20-22-14(2)24-30-20)29-21(26)15-7-9-17(10-8-15)28-12-19(25)23-16-5-4-6-18(11-16)27-3/h4-11,13H,12H2,1-3H3,(H,23,25). The van der Waals surface area contributed by atoms with E-state index in [2.05, 4.69) is 15.5 Å². The number of hydrogen-bond acceptors (Lipinski definition) is 8. The molecule has 0 saturated heterocycles. The molecule has 1 unspecified atom stereocenters. The number of nitrogens with one attached hydrogen (secondary N) is 1. The number of carbonyl (C=O) groups excluding carboxylic acids is 2. The second kappa shape index (κ2) is 9.55. The Morgan fingerprint density at radius 3 is 2.57 bits per heavy atom. The van der Waals surface area contributed by atoms with Gasteiger partial charge < -0.3 is 24.1 Å². The molecule has 30 heavy (non-hydrogen) atoms. The van der Waals surface area contributed by atoms with Crippen molar-refractivity contribution in [3.63, 3.8) is 0 Å². The number of anilines is 1. The second-order valence-corrected chi connectivity index (χ2v) is 6.32. The number of hydrogen-bond donors (Lipinski definition) is 1. The zero-order valence-corrected chi connectivity index (χ0v) is 16.7. The van der Waals surface area contributed by atoms with Gasteiger partial charge in [-0.05, 0) is 50.2 Å². The van der Waals surface area contributed by atoms with E-state index in [4.69, 9.17) is 18.7 Å². The van der Waals surface area contributed by atoms with Gasteiger partial charge in [0.2, 0.25) is 0 Å². The summed E-state index contributed by atoms with van der Waals surface area (Å²) in [6.07, 6.45) is -0.671. The molecule has 0 aliphatic carbocycles. The number of amides is 1. The number of ether oxygens (including phenoxy) is 3. The van der Waals surface area contributed by atoms with Gasteiger partial charge in [0.15, 0.2) is 18.5 Å². The Hall–Kier alpha value is -3.88. The van der Waals surface area contributed by atoms with Crippen molar-refractivity contribution in [2.45, 2.75) is 20.0 Å². The Kier molecular flexibility index (Phi) is 6.63. The smallest absolute Gasteiger partial charge is 0.338 e. The fourth-order valence-corrected chi connectivity index (χ4v) is 2.49. The van der Waals surface area contributed by atoms with Crippen LogP contribution in [-0.4, -0.2) is 35.7 Å². The molecule has 0 spiro atoms. The summed E-state index contributed by atoms with van der Waals surface area (Å²) >= 11 is 0. The maximum absolute atomic E-state index is 12.2. The molecular formula is C21H21N3O6. The fourth-order valence-electron chi connectivity index (χ4n) is 2.49. The van der Waals surface area contributed by atoms with Crippen molar-refractivity contribution in [1.82, 2.24) is 10.1 Å². The van der Waals surface area contributed by atoms with Gasteiger partial charge >= 0.3 is 5.97 Å². The third-order valence-corrected chi connectivity index (χ3v) is 3.99. The van der Waals surface area contributed by atoms with Crippen molar-refractivity contribution in [2.24, 2.45) is 0 Å². The maximum Gasteiger partial charge on any atom is 0.338 e. The lowest BCUT2D eigenvalue weighted by Gasteiger charge is -2.10. The number of aryl methyl sites for hydroxylation is 1. The lowest BCUT2D eigenvalue weighted by Crippen LogP contribution is -2.20. The second-order valence-electron chi connectivity index (χ2n) is 6.32. The molecule has 1 aromatic heterocycles. The van der Waals surface area contributed by atoms with Gasteiger partial charge in [0.05, 0.1) is 12.7 Å². The molecule has 0 fully saturated rings.